The fourth-order valence-electron chi connectivity index (χ4n) is 3.56. The number of hydrogen-bond acceptors (Lipinski definition) is 4. The summed E-state index contributed by atoms with van der Waals surface area (Å²) in [6.45, 7) is 6.85. The van der Waals surface area contributed by atoms with E-state index in [9.17, 15) is 4.79 Å². The SMILES string of the molecule is Cc1ccc(COc2ccc(/C=C3\SC(N4CCC[C@H](C)C4)=NC3=O)cc2)cc1. The zero-order valence-electron chi connectivity index (χ0n) is 16.9. The van der Waals surface area contributed by atoms with Gasteiger partial charge in [-0.2, -0.15) is 4.99 Å². The number of amides is 1. The summed E-state index contributed by atoms with van der Waals surface area (Å²) in [4.78, 5) is 19.6. The summed E-state index contributed by atoms with van der Waals surface area (Å²) in [5.74, 6) is 1.34. The molecule has 1 amide bonds. The van der Waals surface area contributed by atoms with Gasteiger partial charge in [0.1, 0.15) is 12.4 Å². The molecule has 1 fully saturated rings. The summed E-state index contributed by atoms with van der Waals surface area (Å²) >= 11 is 1.49. The summed E-state index contributed by atoms with van der Waals surface area (Å²) in [5, 5.41) is 0.853. The number of likely N-dealkylation sites (tertiary alicyclic amines) is 1. The molecule has 0 radical (unpaired) electrons. The third-order valence-electron chi connectivity index (χ3n) is 5.24. The van der Waals surface area contributed by atoms with Crippen LogP contribution in [0.25, 0.3) is 6.08 Å². The lowest BCUT2D eigenvalue weighted by Crippen LogP contribution is -2.37. The average Bonchev–Trinajstić information content (AvgIpc) is 3.09. The number of hydrogen-bond donors (Lipinski definition) is 0. The largest absolute Gasteiger partial charge is 0.489 e. The average molecular weight is 407 g/mol. The zero-order chi connectivity index (χ0) is 20.2. The van der Waals surface area contributed by atoms with Crippen LogP contribution in [-0.2, 0) is 11.4 Å². The number of aliphatic imine (C=N–C) groups is 1. The molecule has 0 bridgehead atoms. The van der Waals surface area contributed by atoms with E-state index >= 15 is 0 Å². The van der Waals surface area contributed by atoms with Crippen molar-refractivity contribution in [3.8, 4) is 5.75 Å². The van der Waals surface area contributed by atoms with Crippen LogP contribution in [0, 0.1) is 12.8 Å². The van der Waals surface area contributed by atoms with Crippen molar-refractivity contribution in [2.75, 3.05) is 13.1 Å². The quantitative estimate of drug-likeness (QED) is 0.648. The van der Waals surface area contributed by atoms with E-state index in [4.69, 9.17) is 4.74 Å². The lowest BCUT2D eigenvalue weighted by atomic mass is 10.0. The van der Waals surface area contributed by atoms with Crippen LogP contribution in [0.2, 0.25) is 0 Å². The first kappa shape index (κ1) is 19.8. The molecular weight excluding hydrogens is 380 g/mol. The highest BCUT2D eigenvalue weighted by atomic mass is 32.2. The highest BCUT2D eigenvalue weighted by Gasteiger charge is 2.28. The first-order valence-electron chi connectivity index (χ1n) is 10.1. The van der Waals surface area contributed by atoms with Gasteiger partial charge in [0.25, 0.3) is 5.91 Å². The molecule has 2 aliphatic rings. The Morgan fingerprint density at radius 2 is 1.93 bits per heavy atom. The summed E-state index contributed by atoms with van der Waals surface area (Å²) in [6.07, 6.45) is 4.34. The van der Waals surface area contributed by atoms with Gasteiger partial charge in [-0.1, -0.05) is 48.9 Å². The van der Waals surface area contributed by atoms with Crippen molar-refractivity contribution in [2.45, 2.75) is 33.3 Å². The van der Waals surface area contributed by atoms with E-state index in [2.05, 4.69) is 48.0 Å². The van der Waals surface area contributed by atoms with Crippen LogP contribution in [0.3, 0.4) is 0 Å². The maximum Gasteiger partial charge on any atom is 0.286 e. The second kappa shape index (κ2) is 8.87. The molecule has 0 aliphatic carbocycles. The van der Waals surface area contributed by atoms with Crippen LogP contribution in [0.4, 0.5) is 0 Å². The molecule has 4 rings (SSSR count). The van der Waals surface area contributed by atoms with Gasteiger partial charge < -0.3 is 9.64 Å². The number of ether oxygens (including phenoxy) is 1. The smallest absolute Gasteiger partial charge is 0.286 e. The van der Waals surface area contributed by atoms with Crippen LogP contribution in [0.15, 0.2) is 58.4 Å². The van der Waals surface area contributed by atoms with Gasteiger partial charge in [0.2, 0.25) is 0 Å². The van der Waals surface area contributed by atoms with Crippen LogP contribution in [0.1, 0.15) is 36.5 Å². The summed E-state index contributed by atoms with van der Waals surface area (Å²) in [6, 6.07) is 16.2. The molecule has 0 spiro atoms. The molecule has 2 aliphatic heterocycles. The molecule has 1 atom stereocenters. The number of aryl methyl sites for hydroxylation is 1. The number of piperidine rings is 1. The van der Waals surface area contributed by atoms with Gasteiger partial charge in [-0.25, -0.2) is 0 Å². The third kappa shape index (κ3) is 5.10. The Labute approximate surface area is 176 Å². The monoisotopic (exact) mass is 406 g/mol. The molecule has 29 heavy (non-hydrogen) atoms. The number of benzene rings is 2. The predicted octanol–water partition coefficient (Wildman–Crippen LogP) is 5.28. The Kier molecular flexibility index (Phi) is 6.05. The summed E-state index contributed by atoms with van der Waals surface area (Å²) in [7, 11) is 0. The predicted molar refractivity (Wildman–Crippen MR) is 120 cm³/mol. The Bertz CT molecular complexity index is 932. The molecule has 1 saturated heterocycles. The summed E-state index contributed by atoms with van der Waals surface area (Å²) < 4.78 is 5.86. The molecule has 4 nitrogen and oxygen atoms in total. The number of nitrogens with zero attached hydrogens (tertiary/aromatic N) is 2. The van der Waals surface area contributed by atoms with E-state index in [0.717, 1.165) is 41.6 Å². The molecule has 150 valence electrons. The van der Waals surface area contributed by atoms with Gasteiger partial charge in [-0.3, -0.25) is 4.79 Å². The van der Waals surface area contributed by atoms with Crippen LogP contribution in [-0.4, -0.2) is 29.1 Å². The van der Waals surface area contributed by atoms with Crippen molar-refractivity contribution < 1.29 is 9.53 Å². The lowest BCUT2D eigenvalue weighted by Gasteiger charge is -2.31. The fourth-order valence-corrected chi connectivity index (χ4v) is 4.51. The molecule has 0 aromatic heterocycles. The lowest BCUT2D eigenvalue weighted by molar-refractivity contribution is -0.113. The maximum absolute atomic E-state index is 12.3. The van der Waals surface area contributed by atoms with E-state index in [1.54, 1.807) is 0 Å². The van der Waals surface area contributed by atoms with Gasteiger partial charge in [0.05, 0.1) is 4.91 Å². The standard InChI is InChI=1S/C24H26N2O2S/c1-17-5-7-20(8-6-17)16-28-21-11-9-19(10-12-21)14-22-23(27)25-24(29-22)26-13-3-4-18(2)15-26/h5-12,14,18H,3-4,13,15-16H2,1-2H3/b22-14-/t18-/m0/s1. The number of rotatable bonds is 4. The Morgan fingerprint density at radius 1 is 1.17 bits per heavy atom. The van der Waals surface area contributed by atoms with Crippen LogP contribution >= 0.6 is 11.8 Å². The zero-order valence-corrected chi connectivity index (χ0v) is 17.7. The number of carbonyl (C=O) groups is 1. The van der Waals surface area contributed by atoms with Gasteiger partial charge in [0.15, 0.2) is 5.17 Å². The van der Waals surface area contributed by atoms with E-state index in [-0.39, 0.29) is 5.91 Å². The summed E-state index contributed by atoms with van der Waals surface area (Å²) in [5.41, 5.74) is 3.37. The van der Waals surface area contributed by atoms with Crippen molar-refractivity contribution in [1.29, 1.82) is 0 Å². The van der Waals surface area contributed by atoms with Gasteiger partial charge >= 0.3 is 0 Å². The van der Waals surface area contributed by atoms with Crippen LogP contribution in [0.5, 0.6) is 5.75 Å². The normalized spacial score (nSPS) is 20.8. The second-order valence-electron chi connectivity index (χ2n) is 7.85. The molecule has 0 saturated carbocycles. The molecule has 2 aromatic carbocycles. The number of thioether (sulfide) groups is 1. The molecule has 2 aromatic rings. The first-order valence-corrected chi connectivity index (χ1v) is 10.9. The van der Waals surface area contributed by atoms with Gasteiger partial charge in [-0.05, 0) is 66.8 Å². The number of carbonyl (C=O) groups excluding carboxylic acids is 1. The fraction of sp³-hybridized carbons (Fsp3) is 0.333. The Balaban J connectivity index is 1.36. The van der Waals surface area contributed by atoms with E-state index in [0.29, 0.717) is 17.4 Å². The minimum atomic E-state index is -0.136. The third-order valence-corrected chi connectivity index (χ3v) is 6.29. The maximum atomic E-state index is 12.3. The van der Waals surface area contributed by atoms with Gasteiger partial charge in [0, 0.05) is 13.1 Å². The molecule has 2 heterocycles. The highest BCUT2D eigenvalue weighted by Crippen LogP contribution is 2.32. The molecular formula is C24H26N2O2S. The minimum absolute atomic E-state index is 0.136. The van der Waals surface area contributed by atoms with Crippen molar-refractivity contribution in [2.24, 2.45) is 10.9 Å². The van der Waals surface area contributed by atoms with Gasteiger partial charge in [-0.15, -0.1) is 0 Å². The van der Waals surface area contributed by atoms with Crippen molar-refractivity contribution in [3.63, 3.8) is 0 Å². The van der Waals surface area contributed by atoms with E-state index < -0.39 is 0 Å². The molecule has 0 unspecified atom stereocenters. The van der Waals surface area contributed by atoms with Crippen molar-refractivity contribution in [3.05, 3.63) is 70.1 Å². The minimum Gasteiger partial charge on any atom is -0.489 e. The number of amidine groups is 1. The Morgan fingerprint density at radius 3 is 2.66 bits per heavy atom. The molecule has 5 heteroatoms. The first-order chi connectivity index (χ1) is 14.1. The topological polar surface area (TPSA) is 41.9 Å². The van der Waals surface area contributed by atoms with Crippen molar-refractivity contribution in [1.82, 2.24) is 4.90 Å². The second-order valence-corrected chi connectivity index (χ2v) is 8.86. The van der Waals surface area contributed by atoms with E-state index in [1.807, 2.05) is 30.3 Å². The molecule has 0 N–H and O–H groups in total. The Hall–Kier alpha value is -2.53. The highest BCUT2D eigenvalue weighted by molar-refractivity contribution is 8.18. The van der Waals surface area contributed by atoms with Crippen LogP contribution < -0.4 is 4.74 Å². The van der Waals surface area contributed by atoms with E-state index in [1.165, 1.54) is 23.7 Å². The van der Waals surface area contributed by atoms with Crippen molar-refractivity contribution >= 4 is 28.9 Å².